The normalized spacial score (nSPS) is 14.0. The zero-order chi connectivity index (χ0) is 21.9. The molecule has 1 fully saturated rings. The Morgan fingerprint density at radius 2 is 1.94 bits per heavy atom. The van der Waals surface area contributed by atoms with E-state index in [1.165, 1.54) is 0 Å². The summed E-state index contributed by atoms with van der Waals surface area (Å²) in [6.45, 7) is 5.67. The molecule has 2 aromatic carbocycles. The second-order valence-corrected chi connectivity index (χ2v) is 8.41. The monoisotopic (exact) mass is 506 g/mol. The molecule has 0 aliphatic carbocycles. The van der Waals surface area contributed by atoms with Crippen molar-refractivity contribution in [1.29, 1.82) is 0 Å². The number of nitrogens with one attached hydrogen (secondary N) is 3. The molecule has 0 radical (unpaired) electrons. The van der Waals surface area contributed by atoms with Crippen molar-refractivity contribution in [1.82, 2.24) is 21.1 Å². The van der Waals surface area contributed by atoms with Crippen LogP contribution in [0, 0.1) is 0 Å². The van der Waals surface area contributed by atoms with Crippen molar-refractivity contribution in [2.24, 2.45) is 0 Å². The lowest BCUT2D eigenvalue weighted by atomic mass is 10.1. The van der Waals surface area contributed by atoms with E-state index in [9.17, 15) is 4.79 Å². The van der Waals surface area contributed by atoms with E-state index >= 15 is 0 Å². The molecule has 31 heavy (non-hydrogen) atoms. The number of rotatable bonds is 8. The number of carbonyl (C=O) groups excluding carboxylic acids is 1. The third-order valence-electron chi connectivity index (χ3n) is 4.72. The SMILES string of the molecule is O=C(NNC(=S)NCCCN1CCOCC1)c1cccc(COc2cccc(Br)c2)c1. The van der Waals surface area contributed by atoms with Gasteiger partial charge >= 0.3 is 0 Å². The number of nitrogens with zero attached hydrogens (tertiary/aromatic N) is 1. The number of ether oxygens (including phenoxy) is 2. The number of hydrazine groups is 1. The van der Waals surface area contributed by atoms with E-state index in [-0.39, 0.29) is 5.91 Å². The van der Waals surface area contributed by atoms with Crippen molar-refractivity contribution in [3.63, 3.8) is 0 Å². The molecule has 1 saturated heterocycles. The van der Waals surface area contributed by atoms with Gasteiger partial charge in [-0.1, -0.05) is 34.1 Å². The van der Waals surface area contributed by atoms with E-state index in [0.29, 0.717) is 17.3 Å². The van der Waals surface area contributed by atoms with Crippen LogP contribution in [0.4, 0.5) is 0 Å². The van der Waals surface area contributed by atoms with Crippen molar-refractivity contribution < 1.29 is 14.3 Å². The fourth-order valence-corrected chi connectivity index (χ4v) is 3.62. The van der Waals surface area contributed by atoms with Crippen LogP contribution in [0.15, 0.2) is 53.0 Å². The summed E-state index contributed by atoms with van der Waals surface area (Å²) in [7, 11) is 0. The van der Waals surface area contributed by atoms with E-state index in [2.05, 4.69) is 37.0 Å². The van der Waals surface area contributed by atoms with Crippen molar-refractivity contribution in [3.05, 3.63) is 64.1 Å². The summed E-state index contributed by atoms with van der Waals surface area (Å²) in [5.74, 6) is 0.498. The molecule has 1 aliphatic rings. The zero-order valence-electron chi connectivity index (χ0n) is 17.2. The standard InChI is InChI=1S/C22H27BrN4O3S/c23-19-6-2-7-20(15-19)30-16-17-4-1-5-18(14-17)21(28)25-26-22(31)24-8-3-9-27-10-12-29-13-11-27/h1-2,4-7,14-15H,3,8-13,16H2,(H,25,28)(H2,24,26,31). The van der Waals surface area contributed by atoms with Gasteiger partial charge in [-0.2, -0.15) is 0 Å². The average molecular weight is 507 g/mol. The van der Waals surface area contributed by atoms with Gasteiger partial charge < -0.3 is 14.8 Å². The maximum Gasteiger partial charge on any atom is 0.269 e. The highest BCUT2D eigenvalue weighted by Gasteiger charge is 2.10. The zero-order valence-corrected chi connectivity index (χ0v) is 19.6. The molecule has 0 bridgehead atoms. The summed E-state index contributed by atoms with van der Waals surface area (Å²) < 4.78 is 12.1. The molecule has 0 unspecified atom stereocenters. The topological polar surface area (TPSA) is 74.9 Å². The fourth-order valence-electron chi connectivity index (χ4n) is 3.09. The molecule has 3 rings (SSSR count). The molecule has 0 spiro atoms. The summed E-state index contributed by atoms with van der Waals surface area (Å²) in [5, 5.41) is 3.50. The Hall–Kier alpha value is -2.20. The Balaban J connectivity index is 1.36. The van der Waals surface area contributed by atoms with Crippen LogP contribution in [0.5, 0.6) is 5.75 Å². The number of morpholine rings is 1. The van der Waals surface area contributed by atoms with E-state index in [0.717, 1.165) is 61.6 Å². The molecule has 1 aliphatic heterocycles. The van der Waals surface area contributed by atoms with Gasteiger partial charge in [-0.05, 0) is 61.1 Å². The van der Waals surface area contributed by atoms with Crippen molar-refractivity contribution in [3.8, 4) is 5.75 Å². The number of halogens is 1. The number of benzene rings is 2. The van der Waals surface area contributed by atoms with Crippen LogP contribution in [0.3, 0.4) is 0 Å². The predicted molar refractivity (Wildman–Crippen MR) is 128 cm³/mol. The maximum atomic E-state index is 12.4. The second kappa shape index (κ2) is 12.6. The number of amides is 1. The van der Waals surface area contributed by atoms with E-state index in [1.807, 2.05) is 36.4 Å². The van der Waals surface area contributed by atoms with Gasteiger partial charge in [-0.3, -0.25) is 20.5 Å². The van der Waals surface area contributed by atoms with Crippen molar-refractivity contribution >= 4 is 39.2 Å². The van der Waals surface area contributed by atoms with E-state index in [1.54, 1.807) is 12.1 Å². The van der Waals surface area contributed by atoms with Gasteiger partial charge in [0, 0.05) is 29.7 Å². The van der Waals surface area contributed by atoms with E-state index < -0.39 is 0 Å². The van der Waals surface area contributed by atoms with Gasteiger partial charge in [0.2, 0.25) is 0 Å². The Bertz CT molecular complexity index is 877. The molecule has 7 nitrogen and oxygen atoms in total. The lowest BCUT2D eigenvalue weighted by Crippen LogP contribution is -2.47. The molecule has 3 N–H and O–H groups in total. The third kappa shape index (κ3) is 8.45. The van der Waals surface area contributed by atoms with Crippen LogP contribution in [0.25, 0.3) is 0 Å². The minimum Gasteiger partial charge on any atom is -0.489 e. The van der Waals surface area contributed by atoms with Crippen LogP contribution in [0.2, 0.25) is 0 Å². The van der Waals surface area contributed by atoms with Gasteiger partial charge in [-0.15, -0.1) is 0 Å². The first-order chi connectivity index (χ1) is 15.1. The average Bonchev–Trinajstić information content (AvgIpc) is 2.80. The molecular weight excluding hydrogens is 480 g/mol. The first-order valence-electron chi connectivity index (χ1n) is 10.2. The second-order valence-electron chi connectivity index (χ2n) is 7.09. The lowest BCUT2D eigenvalue weighted by Gasteiger charge is -2.26. The van der Waals surface area contributed by atoms with Gasteiger partial charge in [0.1, 0.15) is 12.4 Å². The van der Waals surface area contributed by atoms with Crippen LogP contribution in [-0.4, -0.2) is 55.3 Å². The summed E-state index contributed by atoms with van der Waals surface area (Å²) in [6, 6.07) is 14.9. The maximum absolute atomic E-state index is 12.4. The molecule has 166 valence electrons. The Labute approximate surface area is 196 Å². The summed E-state index contributed by atoms with van der Waals surface area (Å²) >= 11 is 8.65. The van der Waals surface area contributed by atoms with Crippen LogP contribution < -0.4 is 20.9 Å². The quantitative estimate of drug-likeness (QED) is 0.288. The van der Waals surface area contributed by atoms with Crippen LogP contribution in [0.1, 0.15) is 22.3 Å². The van der Waals surface area contributed by atoms with Crippen molar-refractivity contribution in [2.45, 2.75) is 13.0 Å². The van der Waals surface area contributed by atoms with Gasteiger partial charge in [0.25, 0.3) is 5.91 Å². The van der Waals surface area contributed by atoms with Crippen LogP contribution >= 0.6 is 28.1 Å². The first-order valence-corrected chi connectivity index (χ1v) is 11.4. The number of hydrogen-bond donors (Lipinski definition) is 3. The Morgan fingerprint density at radius 1 is 1.13 bits per heavy atom. The minimum atomic E-state index is -0.262. The highest BCUT2D eigenvalue weighted by molar-refractivity contribution is 9.10. The Kier molecular flexibility index (Phi) is 9.54. The van der Waals surface area contributed by atoms with Crippen molar-refractivity contribution in [2.75, 3.05) is 39.4 Å². The first kappa shape index (κ1) is 23.5. The number of thiocarbonyl (C=S) groups is 1. The van der Waals surface area contributed by atoms with Gasteiger partial charge in [0.05, 0.1) is 13.2 Å². The lowest BCUT2D eigenvalue weighted by molar-refractivity contribution is 0.0376. The summed E-state index contributed by atoms with van der Waals surface area (Å²) in [4.78, 5) is 14.8. The molecular formula is C22H27BrN4O3S. The summed E-state index contributed by atoms with van der Waals surface area (Å²) in [6.07, 6.45) is 0.968. The molecule has 0 atom stereocenters. The third-order valence-corrected chi connectivity index (χ3v) is 5.46. The largest absolute Gasteiger partial charge is 0.489 e. The smallest absolute Gasteiger partial charge is 0.269 e. The van der Waals surface area contributed by atoms with Gasteiger partial charge in [-0.25, -0.2) is 0 Å². The summed E-state index contributed by atoms with van der Waals surface area (Å²) in [5.41, 5.74) is 6.81. The van der Waals surface area contributed by atoms with Crippen LogP contribution in [-0.2, 0) is 11.3 Å². The van der Waals surface area contributed by atoms with E-state index in [4.69, 9.17) is 21.7 Å². The molecule has 0 aromatic heterocycles. The fraction of sp³-hybridized carbons (Fsp3) is 0.364. The molecule has 1 heterocycles. The predicted octanol–water partition coefficient (Wildman–Crippen LogP) is 2.86. The number of hydrogen-bond acceptors (Lipinski definition) is 5. The highest BCUT2D eigenvalue weighted by Crippen LogP contribution is 2.19. The van der Waals surface area contributed by atoms with Gasteiger partial charge in [0.15, 0.2) is 5.11 Å². The Morgan fingerprint density at radius 3 is 2.74 bits per heavy atom. The molecule has 1 amide bonds. The number of carbonyl (C=O) groups is 1. The molecule has 0 saturated carbocycles. The molecule has 9 heteroatoms. The molecule has 2 aromatic rings. The minimum absolute atomic E-state index is 0.262. The highest BCUT2D eigenvalue weighted by atomic mass is 79.9.